The molecule has 5 rings (SSSR count). The van der Waals surface area contributed by atoms with E-state index in [-0.39, 0.29) is 22.2 Å². The van der Waals surface area contributed by atoms with Gasteiger partial charge in [-0.25, -0.2) is 4.98 Å². The highest BCUT2D eigenvalue weighted by Crippen LogP contribution is 2.31. The molecule has 1 aromatic heterocycles. The predicted octanol–water partition coefficient (Wildman–Crippen LogP) is 4.08. The van der Waals surface area contributed by atoms with Gasteiger partial charge in [0.25, 0.3) is 11.8 Å². The number of halogens is 3. The molecule has 3 amide bonds. The normalized spacial score (nSPS) is 14.3. The second kappa shape index (κ2) is 8.39. The second-order valence-corrected chi connectivity index (χ2v) is 8.01. The quantitative estimate of drug-likeness (QED) is 0.423. The smallest absolute Gasteiger partial charge is 0.344 e. The van der Waals surface area contributed by atoms with Gasteiger partial charge < -0.3 is 10.3 Å². The molecule has 10 heteroatoms. The molecule has 7 nitrogen and oxygen atoms in total. The summed E-state index contributed by atoms with van der Waals surface area (Å²) in [6.07, 6.45) is -4.63. The van der Waals surface area contributed by atoms with Gasteiger partial charge in [-0.3, -0.25) is 19.3 Å². The van der Waals surface area contributed by atoms with Gasteiger partial charge in [0.05, 0.1) is 28.2 Å². The summed E-state index contributed by atoms with van der Waals surface area (Å²) in [5, 5.41) is 2.80. The van der Waals surface area contributed by atoms with E-state index in [1.165, 1.54) is 24.3 Å². The Morgan fingerprint density at radius 2 is 1.54 bits per heavy atom. The van der Waals surface area contributed by atoms with Crippen LogP contribution in [0.25, 0.3) is 11.0 Å². The number of hydrogen-bond acceptors (Lipinski definition) is 4. The van der Waals surface area contributed by atoms with E-state index in [2.05, 4.69) is 15.3 Å². The zero-order chi connectivity index (χ0) is 24.7. The van der Waals surface area contributed by atoms with Crippen molar-refractivity contribution in [1.29, 1.82) is 0 Å². The molecule has 0 aliphatic carbocycles. The van der Waals surface area contributed by atoms with Crippen molar-refractivity contribution in [3.8, 4) is 0 Å². The molecule has 1 aliphatic heterocycles. The molecule has 1 aliphatic rings. The van der Waals surface area contributed by atoms with E-state index in [0.29, 0.717) is 11.1 Å². The largest absolute Gasteiger partial charge is 0.449 e. The zero-order valence-electron chi connectivity index (χ0n) is 18.0. The van der Waals surface area contributed by atoms with Crippen molar-refractivity contribution in [3.63, 3.8) is 0 Å². The molecule has 0 bridgehead atoms. The van der Waals surface area contributed by atoms with Gasteiger partial charge in [-0.15, -0.1) is 0 Å². The summed E-state index contributed by atoms with van der Waals surface area (Å²) >= 11 is 0. The van der Waals surface area contributed by atoms with Crippen LogP contribution < -0.4 is 5.32 Å². The number of hydrogen-bond donors (Lipinski definition) is 2. The van der Waals surface area contributed by atoms with Crippen LogP contribution in [0.1, 0.15) is 43.7 Å². The molecule has 1 atom stereocenters. The zero-order valence-corrected chi connectivity index (χ0v) is 18.0. The number of H-pyrrole nitrogens is 1. The molecular weight excluding hydrogens is 461 g/mol. The molecule has 2 N–H and O–H groups in total. The number of nitrogens with one attached hydrogen (secondary N) is 2. The number of carbonyl (C=O) groups is 3. The van der Waals surface area contributed by atoms with Gasteiger partial charge in [-0.05, 0) is 35.4 Å². The van der Waals surface area contributed by atoms with Gasteiger partial charge in [0.1, 0.15) is 6.54 Å². The van der Waals surface area contributed by atoms with Gasteiger partial charge in [0, 0.05) is 0 Å². The fourth-order valence-electron chi connectivity index (χ4n) is 4.08. The van der Waals surface area contributed by atoms with Crippen LogP contribution >= 0.6 is 0 Å². The van der Waals surface area contributed by atoms with Crippen molar-refractivity contribution in [3.05, 3.63) is 101 Å². The maximum Gasteiger partial charge on any atom is 0.449 e. The topological polar surface area (TPSA) is 95.2 Å². The molecule has 0 fully saturated rings. The molecule has 35 heavy (non-hydrogen) atoms. The summed E-state index contributed by atoms with van der Waals surface area (Å²) in [5.41, 5.74) is 1.91. The van der Waals surface area contributed by atoms with Crippen LogP contribution in [0, 0.1) is 0 Å². The molecule has 0 radical (unpaired) electrons. The number of aromatic nitrogens is 2. The number of alkyl halides is 3. The Bertz CT molecular complexity index is 1430. The van der Waals surface area contributed by atoms with Gasteiger partial charge in [0.15, 0.2) is 0 Å². The first-order valence-electron chi connectivity index (χ1n) is 10.6. The number of imide groups is 1. The minimum absolute atomic E-state index is 0.130. The summed E-state index contributed by atoms with van der Waals surface area (Å²) in [6.45, 7) is -0.500. The average Bonchev–Trinajstić information content (AvgIpc) is 3.38. The SMILES string of the molecule is O=C(CN1C(=O)c2ccccc2C1=O)N[C@@H](c1ccccc1)c1ccc2nc(C(F)(F)F)[nH]c2c1. The van der Waals surface area contributed by atoms with Crippen LogP contribution in [0.5, 0.6) is 0 Å². The van der Waals surface area contributed by atoms with Crippen LogP contribution in [0.2, 0.25) is 0 Å². The van der Waals surface area contributed by atoms with Gasteiger partial charge in [-0.1, -0.05) is 48.5 Å². The molecule has 2 heterocycles. The Hall–Kier alpha value is -4.47. The molecule has 4 aromatic rings. The Labute approximate surface area is 196 Å². The number of fused-ring (bicyclic) bond motifs is 2. The summed E-state index contributed by atoms with van der Waals surface area (Å²) in [4.78, 5) is 44.9. The van der Waals surface area contributed by atoms with Crippen LogP contribution in [-0.4, -0.2) is 39.1 Å². The highest BCUT2D eigenvalue weighted by atomic mass is 19.4. The van der Waals surface area contributed by atoms with Crippen molar-refractivity contribution < 1.29 is 27.6 Å². The Morgan fingerprint density at radius 3 is 2.17 bits per heavy atom. The second-order valence-electron chi connectivity index (χ2n) is 8.01. The Kier molecular flexibility index (Phi) is 5.35. The molecule has 3 aromatic carbocycles. The van der Waals surface area contributed by atoms with Crippen LogP contribution in [0.3, 0.4) is 0 Å². The van der Waals surface area contributed by atoms with Crippen molar-refractivity contribution in [2.75, 3.05) is 6.54 Å². The number of nitrogens with zero attached hydrogens (tertiary/aromatic N) is 2. The average molecular weight is 478 g/mol. The van der Waals surface area contributed by atoms with Crippen molar-refractivity contribution in [2.45, 2.75) is 12.2 Å². The predicted molar refractivity (Wildman–Crippen MR) is 119 cm³/mol. The van der Waals surface area contributed by atoms with E-state index in [9.17, 15) is 27.6 Å². The molecule has 0 saturated heterocycles. The van der Waals surface area contributed by atoms with E-state index >= 15 is 0 Å². The summed E-state index contributed by atoms with van der Waals surface area (Å²) < 4.78 is 39.2. The van der Waals surface area contributed by atoms with Gasteiger partial charge in [0.2, 0.25) is 11.7 Å². The lowest BCUT2D eigenvalue weighted by Crippen LogP contribution is -2.41. The summed E-state index contributed by atoms with van der Waals surface area (Å²) in [7, 11) is 0. The summed E-state index contributed by atoms with van der Waals surface area (Å²) in [6, 6.07) is 18.9. The van der Waals surface area contributed by atoms with E-state index in [1.807, 2.05) is 0 Å². The number of amides is 3. The monoisotopic (exact) mass is 478 g/mol. The maximum atomic E-state index is 13.1. The maximum absolute atomic E-state index is 13.1. The minimum atomic E-state index is -4.63. The van der Waals surface area contributed by atoms with Crippen molar-refractivity contribution in [2.24, 2.45) is 0 Å². The van der Waals surface area contributed by atoms with Gasteiger partial charge in [-0.2, -0.15) is 13.2 Å². The van der Waals surface area contributed by atoms with Gasteiger partial charge >= 0.3 is 6.18 Å². The van der Waals surface area contributed by atoms with Crippen LogP contribution in [0.4, 0.5) is 13.2 Å². The first-order chi connectivity index (χ1) is 16.7. The number of carbonyl (C=O) groups excluding carboxylic acids is 3. The Balaban J connectivity index is 1.43. The van der Waals surface area contributed by atoms with E-state index in [0.717, 1.165) is 4.90 Å². The first-order valence-corrected chi connectivity index (χ1v) is 10.6. The van der Waals surface area contributed by atoms with Crippen LogP contribution in [-0.2, 0) is 11.0 Å². The van der Waals surface area contributed by atoms with E-state index < -0.39 is 42.3 Å². The first kappa shape index (κ1) is 22.3. The third kappa shape index (κ3) is 4.14. The highest BCUT2D eigenvalue weighted by molar-refractivity contribution is 6.22. The lowest BCUT2D eigenvalue weighted by Gasteiger charge is -2.22. The number of aromatic amines is 1. The molecule has 0 spiro atoms. The van der Waals surface area contributed by atoms with Crippen LogP contribution in [0.15, 0.2) is 72.8 Å². The summed E-state index contributed by atoms with van der Waals surface area (Å²) in [5.74, 6) is -2.84. The highest BCUT2D eigenvalue weighted by Gasteiger charge is 2.37. The van der Waals surface area contributed by atoms with E-state index in [4.69, 9.17) is 0 Å². The fourth-order valence-corrected chi connectivity index (χ4v) is 4.08. The molecule has 0 saturated carbocycles. The third-order valence-corrected chi connectivity index (χ3v) is 5.73. The fraction of sp³-hybridized carbons (Fsp3) is 0.120. The van der Waals surface area contributed by atoms with Crippen molar-refractivity contribution >= 4 is 28.8 Å². The number of benzene rings is 3. The molecule has 0 unspecified atom stereocenters. The lowest BCUT2D eigenvalue weighted by molar-refractivity contribution is -0.144. The standard InChI is InChI=1S/C25H17F3N4O3/c26-25(27,28)24-29-18-11-10-15(12-19(18)30-24)21(14-6-2-1-3-7-14)31-20(33)13-32-22(34)16-8-4-5-9-17(16)23(32)35/h1-12,21H,13H2,(H,29,30)(H,31,33)/t21-/m0/s1. The molecular formula is C25H17F3N4O3. The minimum Gasteiger partial charge on any atom is -0.344 e. The van der Waals surface area contributed by atoms with E-state index in [1.54, 1.807) is 48.5 Å². The lowest BCUT2D eigenvalue weighted by atomic mass is 9.98. The van der Waals surface area contributed by atoms with Crippen molar-refractivity contribution in [1.82, 2.24) is 20.2 Å². The Morgan fingerprint density at radius 1 is 0.914 bits per heavy atom. The third-order valence-electron chi connectivity index (χ3n) is 5.73. The number of rotatable bonds is 5. The molecule has 176 valence electrons. The number of imidazole rings is 1.